The first-order chi connectivity index (χ1) is 7.04. The van der Waals surface area contributed by atoms with Gasteiger partial charge in [-0.2, -0.15) is 0 Å². The van der Waals surface area contributed by atoms with Crippen LogP contribution in [-0.4, -0.2) is 0 Å². The van der Waals surface area contributed by atoms with Gasteiger partial charge in [0, 0.05) is 11.6 Å². The summed E-state index contributed by atoms with van der Waals surface area (Å²) in [6.07, 6.45) is 1.77. The van der Waals surface area contributed by atoms with Crippen molar-refractivity contribution in [2.75, 3.05) is 0 Å². The molecular weight excluding hydrogens is 198 g/mol. The molecule has 0 aliphatic heterocycles. The van der Waals surface area contributed by atoms with E-state index in [0.29, 0.717) is 5.56 Å². The van der Waals surface area contributed by atoms with Crippen LogP contribution in [0.1, 0.15) is 25.5 Å². The monoisotopic (exact) mass is 212 g/mol. The molecule has 1 atom stereocenters. The summed E-state index contributed by atoms with van der Waals surface area (Å²) in [5, 5.41) is 0. The Morgan fingerprint density at radius 1 is 1.40 bits per heavy atom. The number of allylic oxidation sites excluding steroid dienone is 1. The summed E-state index contributed by atoms with van der Waals surface area (Å²) in [6, 6.07) is 3.00. The quantitative estimate of drug-likeness (QED) is 0.459. The maximum atomic E-state index is 13.4. The highest BCUT2D eigenvalue weighted by molar-refractivity contribution is 5.26. The summed E-state index contributed by atoms with van der Waals surface area (Å²) >= 11 is 0. The molecule has 0 aliphatic rings. The molecule has 0 heterocycles. The highest BCUT2D eigenvalue weighted by Crippen LogP contribution is 2.19. The van der Waals surface area contributed by atoms with E-state index in [9.17, 15) is 8.78 Å². The zero-order valence-electron chi connectivity index (χ0n) is 8.72. The molecule has 82 valence electrons. The van der Waals surface area contributed by atoms with Crippen LogP contribution in [0.2, 0.25) is 0 Å². The number of nitrogens with one attached hydrogen (secondary N) is 1. The first kappa shape index (κ1) is 11.8. The molecule has 3 N–H and O–H groups in total. The van der Waals surface area contributed by atoms with E-state index in [1.807, 2.05) is 13.8 Å². The van der Waals surface area contributed by atoms with Crippen molar-refractivity contribution in [1.29, 1.82) is 0 Å². The predicted molar refractivity (Wildman–Crippen MR) is 55.9 cm³/mol. The molecule has 2 nitrogen and oxygen atoms in total. The topological polar surface area (TPSA) is 38.0 Å². The molecule has 0 fully saturated rings. The van der Waals surface area contributed by atoms with Crippen LogP contribution in [0, 0.1) is 11.6 Å². The first-order valence-corrected chi connectivity index (χ1v) is 4.60. The van der Waals surface area contributed by atoms with Crippen LogP contribution in [0.15, 0.2) is 29.8 Å². The fraction of sp³-hybridized carbons (Fsp3) is 0.273. The molecule has 0 saturated carbocycles. The Bertz CT molecular complexity index is 371. The fourth-order valence-electron chi connectivity index (χ4n) is 1.31. The summed E-state index contributed by atoms with van der Waals surface area (Å²) in [5.74, 6) is 4.11. The molecule has 1 unspecified atom stereocenters. The lowest BCUT2D eigenvalue weighted by molar-refractivity contribution is 0.546. The van der Waals surface area contributed by atoms with E-state index in [1.165, 1.54) is 12.1 Å². The van der Waals surface area contributed by atoms with E-state index in [-0.39, 0.29) is 0 Å². The van der Waals surface area contributed by atoms with Gasteiger partial charge in [0.25, 0.3) is 0 Å². The standard InChI is InChI=1S/C11H14F2N2/c1-7(2)5-11(15-14)9-4-3-8(12)6-10(9)13/h3-6,11,15H,14H2,1-2H3. The fourth-order valence-corrected chi connectivity index (χ4v) is 1.31. The molecule has 1 rings (SSSR count). The van der Waals surface area contributed by atoms with Crippen LogP contribution < -0.4 is 11.3 Å². The van der Waals surface area contributed by atoms with Gasteiger partial charge in [-0.25, -0.2) is 14.2 Å². The lowest BCUT2D eigenvalue weighted by Gasteiger charge is -2.13. The summed E-state index contributed by atoms with van der Waals surface area (Å²) in [4.78, 5) is 0. The molecule has 4 heteroatoms. The second-order valence-electron chi connectivity index (χ2n) is 3.55. The highest BCUT2D eigenvalue weighted by Gasteiger charge is 2.12. The lowest BCUT2D eigenvalue weighted by Crippen LogP contribution is -2.27. The van der Waals surface area contributed by atoms with Gasteiger partial charge in [0.1, 0.15) is 11.6 Å². The van der Waals surface area contributed by atoms with E-state index in [0.717, 1.165) is 11.6 Å². The predicted octanol–water partition coefficient (Wildman–Crippen LogP) is 2.44. The molecule has 1 aromatic rings. The van der Waals surface area contributed by atoms with Gasteiger partial charge in [-0.3, -0.25) is 5.84 Å². The van der Waals surface area contributed by atoms with Gasteiger partial charge < -0.3 is 0 Å². The summed E-state index contributed by atoms with van der Waals surface area (Å²) in [7, 11) is 0. The van der Waals surface area contributed by atoms with Crippen molar-refractivity contribution >= 4 is 0 Å². The van der Waals surface area contributed by atoms with E-state index in [1.54, 1.807) is 6.08 Å². The molecule has 0 saturated heterocycles. The van der Waals surface area contributed by atoms with Gasteiger partial charge in [-0.1, -0.05) is 17.7 Å². The van der Waals surface area contributed by atoms with Crippen LogP contribution in [0.4, 0.5) is 8.78 Å². The average molecular weight is 212 g/mol. The minimum absolute atomic E-state index is 0.333. The largest absolute Gasteiger partial charge is 0.271 e. The van der Waals surface area contributed by atoms with Crippen LogP contribution in [0.3, 0.4) is 0 Å². The average Bonchev–Trinajstić information content (AvgIpc) is 2.14. The van der Waals surface area contributed by atoms with Gasteiger partial charge in [-0.15, -0.1) is 0 Å². The Morgan fingerprint density at radius 3 is 2.53 bits per heavy atom. The Balaban J connectivity index is 3.07. The molecular formula is C11H14F2N2. The molecule has 0 radical (unpaired) electrons. The Hall–Kier alpha value is -1.26. The van der Waals surface area contributed by atoms with Crippen molar-refractivity contribution in [3.8, 4) is 0 Å². The third-order valence-electron chi connectivity index (χ3n) is 1.98. The van der Waals surface area contributed by atoms with Crippen LogP contribution in [0.25, 0.3) is 0 Å². The number of hydrazine groups is 1. The zero-order valence-corrected chi connectivity index (χ0v) is 8.72. The Labute approximate surface area is 87.8 Å². The number of rotatable bonds is 3. The third-order valence-corrected chi connectivity index (χ3v) is 1.98. The van der Waals surface area contributed by atoms with Crippen molar-refractivity contribution in [3.05, 3.63) is 47.0 Å². The molecule has 0 spiro atoms. The lowest BCUT2D eigenvalue weighted by atomic mass is 10.0. The first-order valence-electron chi connectivity index (χ1n) is 4.60. The SMILES string of the molecule is CC(C)=CC(NN)c1ccc(F)cc1F. The third kappa shape index (κ3) is 3.11. The second kappa shape index (κ2) is 5.00. The summed E-state index contributed by atoms with van der Waals surface area (Å²) < 4.78 is 26.0. The second-order valence-corrected chi connectivity index (χ2v) is 3.55. The molecule has 15 heavy (non-hydrogen) atoms. The van der Waals surface area contributed by atoms with Gasteiger partial charge >= 0.3 is 0 Å². The normalized spacial score (nSPS) is 12.3. The van der Waals surface area contributed by atoms with Crippen LogP contribution in [0.5, 0.6) is 0 Å². The number of benzene rings is 1. The van der Waals surface area contributed by atoms with Gasteiger partial charge in [0.2, 0.25) is 0 Å². The van der Waals surface area contributed by atoms with Gasteiger partial charge in [0.15, 0.2) is 0 Å². The van der Waals surface area contributed by atoms with E-state index in [4.69, 9.17) is 5.84 Å². The van der Waals surface area contributed by atoms with Crippen molar-refractivity contribution in [2.45, 2.75) is 19.9 Å². The van der Waals surface area contributed by atoms with Crippen molar-refractivity contribution < 1.29 is 8.78 Å². The molecule has 0 aromatic heterocycles. The minimum Gasteiger partial charge on any atom is -0.271 e. The maximum Gasteiger partial charge on any atom is 0.131 e. The van der Waals surface area contributed by atoms with E-state index >= 15 is 0 Å². The number of halogens is 2. The molecule has 0 bridgehead atoms. The van der Waals surface area contributed by atoms with Gasteiger partial charge in [-0.05, 0) is 19.9 Å². The van der Waals surface area contributed by atoms with E-state index < -0.39 is 17.7 Å². The number of hydrogen-bond donors (Lipinski definition) is 2. The minimum atomic E-state index is -0.601. The Morgan fingerprint density at radius 2 is 2.07 bits per heavy atom. The molecule has 0 aliphatic carbocycles. The van der Waals surface area contributed by atoms with Crippen molar-refractivity contribution in [1.82, 2.24) is 5.43 Å². The van der Waals surface area contributed by atoms with Crippen LogP contribution in [-0.2, 0) is 0 Å². The smallest absolute Gasteiger partial charge is 0.131 e. The summed E-state index contributed by atoms with van der Waals surface area (Å²) in [6.45, 7) is 3.76. The molecule has 1 aromatic carbocycles. The van der Waals surface area contributed by atoms with Crippen LogP contribution >= 0.6 is 0 Å². The van der Waals surface area contributed by atoms with E-state index in [2.05, 4.69) is 5.43 Å². The summed E-state index contributed by atoms with van der Waals surface area (Å²) in [5.41, 5.74) is 3.81. The maximum absolute atomic E-state index is 13.4. The number of nitrogens with two attached hydrogens (primary N) is 1. The number of hydrogen-bond acceptors (Lipinski definition) is 2. The zero-order chi connectivity index (χ0) is 11.4. The molecule has 0 amide bonds. The highest BCUT2D eigenvalue weighted by atomic mass is 19.1. The van der Waals surface area contributed by atoms with Crippen molar-refractivity contribution in [2.24, 2.45) is 5.84 Å². The van der Waals surface area contributed by atoms with Gasteiger partial charge in [0.05, 0.1) is 6.04 Å². The van der Waals surface area contributed by atoms with Crippen molar-refractivity contribution in [3.63, 3.8) is 0 Å². The Kier molecular flexibility index (Phi) is 3.94.